The third-order valence-electron chi connectivity index (χ3n) is 7.39. The Bertz CT molecular complexity index is 910. The van der Waals surface area contributed by atoms with E-state index >= 15 is 0 Å². The highest BCUT2D eigenvalue weighted by Crippen LogP contribution is 2.59. The summed E-state index contributed by atoms with van der Waals surface area (Å²) in [4.78, 5) is 0. The average molecular weight is 420 g/mol. The maximum atomic E-state index is 13.5. The van der Waals surface area contributed by atoms with Gasteiger partial charge in [-0.3, -0.25) is 0 Å². The highest BCUT2D eigenvalue weighted by molar-refractivity contribution is 5.56. The first-order valence-corrected chi connectivity index (χ1v) is 10.6. The van der Waals surface area contributed by atoms with E-state index < -0.39 is 18.0 Å². The Labute approximate surface area is 174 Å². The number of allylic oxidation sites excluding steroid dienone is 4. The number of fused-ring (bicyclic) bond motifs is 3. The van der Waals surface area contributed by atoms with E-state index in [1.807, 2.05) is 6.08 Å². The van der Waals surface area contributed by atoms with Crippen LogP contribution in [-0.2, 0) is 0 Å². The molecule has 0 saturated heterocycles. The van der Waals surface area contributed by atoms with Crippen LogP contribution in [0.25, 0.3) is 0 Å². The summed E-state index contributed by atoms with van der Waals surface area (Å²) in [5.74, 6) is -2.01. The van der Waals surface area contributed by atoms with Gasteiger partial charge < -0.3 is 11.1 Å². The number of hydrogen-bond acceptors (Lipinski definition) is 2. The Morgan fingerprint density at radius 2 is 1.90 bits per heavy atom. The second-order valence-electron chi connectivity index (χ2n) is 9.08. The van der Waals surface area contributed by atoms with Gasteiger partial charge in [-0.25, -0.2) is 4.39 Å². The summed E-state index contributed by atoms with van der Waals surface area (Å²) in [7, 11) is 0. The molecule has 0 spiro atoms. The van der Waals surface area contributed by atoms with Crippen molar-refractivity contribution in [1.29, 1.82) is 0 Å². The Morgan fingerprint density at radius 1 is 1.20 bits per heavy atom. The zero-order valence-electron chi connectivity index (χ0n) is 17.3. The van der Waals surface area contributed by atoms with Crippen LogP contribution in [0.1, 0.15) is 39.5 Å². The van der Waals surface area contributed by atoms with E-state index in [1.165, 1.54) is 17.7 Å². The van der Waals surface area contributed by atoms with Crippen molar-refractivity contribution in [3.05, 3.63) is 64.7 Å². The van der Waals surface area contributed by atoms with Gasteiger partial charge in [0.15, 0.2) is 0 Å². The van der Waals surface area contributed by atoms with Gasteiger partial charge in [0.05, 0.1) is 5.92 Å². The molecule has 4 atom stereocenters. The topological polar surface area (TPSA) is 38.0 Å². The molecule has 0 radical (unpaired) electrons. The van der Waals surface area contributed by atoms with E-state index in [2.05, 4.69) is 18.3 Å². The van der Waals surface area contributed by atoms with Gasteiger partial charge >= 0.3 is 6.18 Å². The fourth-order valence-corrected chi connectivity index (χ4v) is 5.68. The molecule has 1 aromatic rings. The number of halogens is 4. The lowest BCUT2D eigenvalue weighted by Gasteiger charge is -2.51. The summed E-state index contributed by atoms with van der Waals surface area (Å²) in [5.41, 5.74) is 10.9. The summed E-state index contributed by atoms with van der Waals surface area (Å²) in [6, 6.07) is 6.17. The van der Waals surface area contributed by atoms with Crippen molar-refractivity contribution in [2.45, 2.75) is 45.7 Å². The lowest BCUT2D eigenvalue weighted by atomic mass is 9.54. The molecule has 1 saturated carbocycles. The highest BCUT2D eigenvalue weighted by Gasteiger charge is 2.52. The van der Waals surface area contributed by atoms with E-state index in [-0.39, 0.29) is 23.6 Å². The molecule has 0 amide bonds. The van der Waals surface area contributed by atoms with Gasteiger partial charge in [-0.05, 0) is 73.4 Å². The van der Waals surface area contributed by atoms with E-state index in [0.29, 0.717) is 13.0 Å². The monoisotopic (exact) mass is 420 g/mol. The first kappa shape index (κ1) is 21.2. The van der Waals surface area contributed by atoms with Crippen molar-refractivity contribution in [3.63, 3.8) is 0 Å². The van der Waals surface area contributed by atoms with E-state index in [4.69, 9.17) is 5.73 Å². The van der Waals surface area contributed by atoms with Crippen LogP contribution in [0.3, 0.4) is 0 Å². The molecular formula is C24H28F4N2. The smallest absolute Gasteiger partial charge is 0.356 e. The summed E-state index contributed by atoms with van der Waals surface area (Å²) in [5, 5.41) is 3.36. The number of nitrogens with one attached hydrogen (secondary N) is 1. The van der Waals surface area contributed by atoms with Gasteiger partial charge in [-0.2, -0.15) is 13.2 Å². The second-order valence-corrected chi connectivity index (χ2v) is 9.08. The number of rotatable bonds is 3. The third kappa shape index (κ3) is 3.59. The molecule has 2 unspecified atom stereocenters. The molecule has 0 bridgehead atoms. The van der Waals surface area contributed by atoms with Crippen LogP contribution < -0.4 is 11.1 Å². The molecule has 3 aliphatic carbocycles. The summed E-state index contributed by atoms with van der Waals surface area (Å²) < 4.78 is 53.7. The number of hydrogen-bond donors (Lipinski definition) is 2. The maximum Gasteiger partial charge on any atom is 0.392 e. The fraction of sp³-hybridized carbons (Fsp3) is 0.500. The van der Waals surface area contributed by atoms with Crippen LogP contribution >= 0.6 is 0 Å². The summed E-state index contributed by atoms with van der Waals surface area (Å²) in [6.07, 6.45) is 2.10. The first-order chi connectivity index (χ1) is 14.1. The van der Waals surface area contributed by atoms with Crippen LogP contribution in [0, 0.1) is 29.0 Å². The Kier molecular flexibility index (Phi) is 5.33. The van der Waals surface area contributed by atoms with Gasteiger partial charge in [0.2, 0.25) is 0 Å². The fourth-order valence-electron chi connectivity index (χ4n) is 5.68. The van der Waals surface area contributed by atoms with Crippen LogP contribution in [-0.4, -0.2) is 12.7 Å². The number of alkyl halides is 3. The molecule has 0 aliphatic heterocycles. The number of benzene rings is 1. The third-order valence-corrected chi connectivity index (χ3v) is 7.39. The molecule has 1 aromatic carbocycles. The van der Waals surface area contributed by atoms with Crippen LogP contribution in [0.15, 0.2) is 58.8 Å². The number of nitrogens with two attached hydrogens (primary N) is 1. The van der Waals surface area contributed by atoms with E-state index in [0.717, 1.165) is 35.4 Å². The highest BCUT2D eigenvalue weighted by atomic mass is 19.4. The lowest BCUT2D eigenvalue weighted by molar-refractivity contribution is -0.193. The molecule has 6 heteroatoms. The van der Waals surface area contributed by atoms with Crippen molar-refractivity contribution < 1.29 is 17.6 Å². The largest absolute Gasteiger partial charge is 0.392 e. The molecular weight excluding hydrogens is 392 g/mol. The predicted octanol–water partition coefficient (Wildman–Crippen LogP) is 6.34. The number of anilines is 1. The molecule has 0 aromatic heterocycles. The van der Waals surface area contributed by atoms with E-state index in [1.54, 1.807) is 19.1 Å². The van der Waals surface area contributed by atoms with Gasteiger partial charge in [0, 0.05) is 23.3 Å². The zero-order valence-corrected chi connectivity index (χ0v) is 17.3. The molecule has 1 fully saturated rings. The summed E-state index contributed by atoms with van der Waals surface area (Å²) >= 11 is 0. The average Bonchev–Trinajstić information content (AvgIpc) is 2.69. The predicted molar refractivity (Wildman–Crippen MR) is 111 cm³/mol. The standard InChI is InChI=1S/C24H28F4N2/c1-14-19-8-3-16-11-22(30-18-6-4-17(25)5-7-18)15(13-29)12-23(16,2)21(19)10-9-20(14)24(26,27)28/h4-7,10-11,14,19-20,30H,3,8-9,12-13,29H2,1-2H3/t14?,19?,20-,23+/m1/s1. The Hall–Kier alpha value is -2.08. The Balaban J connectivity index is 1.65. The molecule has 3 N–H and O–H groups in total. The van der Waals surface area contributed by atoms with Crippen molar-refractivity contribution in [2.75, 3.05) is 11.9 Å². The van der Waals surface area contributed by atoms with Crippen molar-refractivity contribution in [3.8, 4) is 0 Å². The maximum absolute atomic E-state index is 13.5. The molecule has 3 aliphatic rings. The van der Waals surface area contributed by atoms with Gasteiger partial charge in [0.1, 0.15) is 5.82 Å². The molecule has 30 heavy (non-hydrogen) atoms. The zero-order chi connectivity index (χ0) is 21.7. The van der Waals surface area contributed by atoms with Gasteiger partial charge in [-0.1, -0.05) is 31.1 Å². The minimum absolute atomic E-state index is 0.0434. The van der Waals surface area contributed by atoms with Crippen molar-refractivity contribution in [1.82, 2.24) is 0 Å². The quantitative estimate of drug-likeness (QED) is 0.442. The second kappa shape index (κ2) is 7.56. The van der Waals surface area contributed by atoms with Crippen molar-refractivity contribution in [2.24, 2.45) is 28.9 Å². The van der Waals surface area contributed by atoms with E-state index in [9.17, 15) is 17.6 Å². The minimum Gasteiger partial charge on any atom is -0.356 e. The lowest BCUT2D eigenvalue weighted by Crippen LogP contribution is -2.43. The Morgan fingerprint density at radius 3 is 2.53 bits per heavy atom. The summed E-state index contributed by atoms with van der Waals surface area (Å²) in [6.45, 7) is 4.28. The normalized spacial score (nSPS) is 31.5. The first-order valence-electron chi connectivity index (χ1n) is 10.6. The van der Waals surface area contributed by atoms with Crippen LogP contribution in [0.5, 0.6) is 0 Å². The minimum atomic E-state index is -4.15. The molecule has 2 nitrogen and oxygen atoms in total. The van der Waals surface area contributed by atoms with Crippen LogP contribution in [0.2, 0.25) is 0 Å². The molecule has 4 rings (SSSR count). The van der Waals surface area contributed by atoms with Gasteiger partial charge in [-0.15, -0.1) is 0 Å². The van der Waals surface area contributed by atoms with Crippen molar-refractivity contribution >= 4 is 5.69 Å². The molecule has 0 heterocycles. The van der Waals surface area contributed by atoms with Crippen LogP contribution in [0.4, 0.5) is 23.2 Å². The SMILES string of the molecule is CC1C2CCC3=CC(Nc4ccc(F)cc4)=C(CN)C[C@]3(C)C2=CC[C@H]1C(F)(F)F. The molecule has 162 valence electrons. The van der Waals surface area contributed by atoms with Gasteiger partial charge in [0.25, 0.3) is 0 Å².